The lowest BCUT2D eigenvalue weighted by Crippen LogP contribution is -2.31. The van der Waals surface area contributed by atoms with Gasteiger partial charge in [0.25, 0.3) is 10.0 Å². The number of anilines is 1. The minimum Gasteiger partial charge on any atom is -0.285 e. The second-order valence-electron chi connectivity index (χ2n) is 6.54. The average molecular weight is 432 g/mol. The summed E-state index contributed by atoms with van der Waals surface area (Å²) in [5.74, 6) is -2.49. The molecule has 2 aromatic carbocycles. The van der Waals surface area contributed by atoms with Crippen LogP contribution in [0.4, 0.5) is 18.9 Å². The number of benzene rings is 2. The second kappa shape index (κ2) is 7.45. The highest BCUT2D eigenvalue weighted by Crippen LogP contribution is 2.28. The van der Waals surface area contributed by atoms with Gasteiger partial charge in [-0.2, -0.15) is 0 Å². The van der Waals surface area contributed by atoms with Crippen LogP contribution in [0.1, 0.15) is 11.4 Å². The van der Waals surface area contributed by atoms with Gasteiger partial charge in [-0.05, 0) is 37.3 Å². The number of hydrogen-bond donors (Lipinski definition) is 0. The van der Waals surface area contributed by atoms with Gasteiger partial charge in [-0.3, -0.25) is 8.71 Å². The third-order valence-corrected chi connectivity index (χ3v) is 6.35. The van der Waals surface area contributed by atoms with Crippen molar-refractivity contribution in [3.05, 3.63) is 89.6 Å². The van der Waals surface area contributed by atoms with Crippen LogP contribution in [-0.4, -0.2) is 23.0 Å². The SMILES string of the molecule is Cc1nnc2ccc(S(=O)(=O)N(Cc3ccccc3F)c3ccc(F)c(F)c3)cn12. The Bertz CT molecular complexity index is 1360. The zero-order valence-electron chi connectivity index (χ0n) is 15.6. The second-order valence-corrected chi connectivity index (χ2v) is 8.40. The van der Waals surface area contributed by atoms with Gasteiger partial charge in [-0.25, -0.2) is 21.6 Å². The summed E-state index contributed by atoms with van der Waals surface area (Å²) in [5.41, 5.74) is 0.380. The Morgan fingerprint density at radius 3 is 2.43 bits per heavy atom. The van der Waals surface area contributed by atoms with E-state index < -0.39 is 34.0 Å². The molecule has 0 spiro atoms. The molecule has 0 aliphatic rings. The number of nitrogens with zero attached hydrogens (tertiary/aromatic N) is 4. The fourth-order valence-electron chi connectivity index (χ4n) is 3.00. The van der Waals surface area contributed by atoms with Crippen LogP contribution in [0.5, 0.6) is 0 Å². The van der Waals surface area contributed by atoms with Crippen molar-refractivity contribution in [3.8, 4) is 0 Å². The Kier molecular flexibility index (Phi) is 4.94. The van der Waals surface area contributed by atoms with E-state index in [4.69, 9.17) is 0 Å². The van der Waals surface area contributed by atoms with Crippen molar-refractivity contribution in [3.63, 3.8) is 0 Å². The third-order valence-electron chi connectivity index (χ3n) is 4.60. The summed E-state index contributed by atoms with van der Waals surface area (Å²) < 4.78 is 70.8. The highest BCUT2D eigenvalue weighted by Gasteiger charge is 2.27. The van der Waals surface area contributed by atoms with E-state index in [1.165, 1.54) is 40.9 Å². The first-order valence-electron chi connectivity index (χ1n) is 8.80. The number of hydrogen-bond acceptors (Lipinski definition) is 4. The fraction of sp³-hybridized carbons (Fsp3) is 0.100. The van der Waals surface area contributed by atoms with Crippen molar-refractivity contribution in [1.82, 2.24) is 14.6 Å². The maximum absolute atomic E-state index is 14.2. The number of halogens is 3. The van der Waals surface area contributed by atoms with E-state index in [9.17, 15) is 21.6 Å². The largest absolute Gasteiger partial charge is 0.285 e. The predicted octanol–water partition coefficient (Wildman–Crippen LogP) is 3.85. The molecule has 154 valence electrons. The molecule has 0 saturated carbocycles. The van der Waals surface area contributed by atoms with Gasteiger partial charge in [-0.1, -0.05) is 18.2 Å². The molecule has 0 atom stereocenters. The van der Waals surface area contributed by atoms with Crippen LogP contribution >= 0.6 is 0 Å². The smallest absolute Gasteiger partial charge is 0.266 e. The Morgan fingerprint density at radius 1 is 0.933 bits per heavy atom. The van der Waals surface area contributed by atoms with E-state index in [2.05, 4.69) is 10.2 Å². The first-order valence-corrected chi connectivity index (χ1v) is 10.2. The minimum absolute atomic E-state index is 0.0763. The van der Waals surface area contributed by atoms with E-state index in [1.54, 1.807) is 13.0 Å². The molecule has 10 heteroatoms. The topological polar surface area (TPSA) is 67.6 Å². The van der Waals surface area contributed by atoms with E-state index in [0.717, 1.165) is 22.5 Å². The van der Waals surface area contributed by atoms with Gasteiger partial charge in [0.15, 0.2) is 17.3 Å². The molecule has 0 aliphatic carbocycles. The number of pyridine rings is 1. The summed E-state index contributed by atoms with van der Waals surface area (Å²) in [5, 5.41) is 7.80. The van der Waals surface area contributed by atoms with Crippen molar-refractivity contribution in [2.45, 2.75) is 18.4 Å². The summed E-state index contributed by atoms with van der Waals surface area (Å²) in [6, 6.07) is 11.1. The van der Waals surface area contributed by atoms with Gasteiger partial charge in [0.2, 0.25) is 0 Å². The summed E-state index contributed by atoms with van der Waals surface area (Å²) in [6.07, 6.45) is 1.33. The maximum Gasteiger partial charge on any atom is 0.266 e. The molecule has 0 fully saturated rings. The lowest BCUT2D eigenvalue weighted by atomic mass is 10.2. The summed E-state index contributed by atoms with van der Waals surface area (Å²) in [7, 11) is -4.28. The van der Waals surface area contributed by atoms with Crippen LogP contribution in [0, 0.1) is 24.4 Å². The maximum atomic E-state index is 14.2. The van der Waals surface area contributed by atoms with Crippen LogP contribution in [0.25, 0.3) is 5.65 Å². The third kappa shape index (κ3) is 3.50. The molecule has 6 nitrogen and oxygen atoms in total. The Labute approximate surface area is 170 Å². The number of aromatic nitrogens is 3. The zero-order valence-corrected chi connectivity index (χ0v) is 16.4. The number of aryl methyl sites for hydroxylation is 1. The Morgan fingerprint density at radius 2 is 1.70 bits per heavy atom. The minimum atomic E-state index is -4.28. The highest BCUT2D eigenvalue weighted by atomic mass is 32.2. The molecular weight excluding hydrogens is 417 g/mol. The predicted molar refractivity (Wildman–Crippen MR) is 104 cm³/mol. The summed E-state index contributed by atoms with van der Waals surface area (Å²) in [6.45, 7) is 1.24. The fourth-order valence-corrected chi connectivity index (χ4v) is 4.44. The molecule has 4 aromatic rings. The summed E-state index contributed by atoms with van der Waals surface area (Å²) in [4.78, 5) is -0.140. The molecule has 0 unspecified atom stereocenters. The lowest BCUT2D eigenvalue weighted by Gasteiger charge is -2.25. The standard InChI is InChI=1S/C20H15F3N4O2S/c1-13-24-25-20-9-7-16(12-26(13)20)30(28,29)27(11-14-4-2-3-5-17(14)21)15-6-8-18(22)19(23)10-15/h2-10,12H,11H2,1H3. The van der Waals surface area contributed by atoms with Crippen molar-refractivity contribution >= 4 is 21.4 Å². The lowest BCUT2D eigenvalue weighted by molar-refractivity contribution is 0.508. The van der Waals surface area contributed by atoms with Crippen LogP contribution in [0.15, 0.2) is 65.7 Å². The Balaban J connectivity index is 1.87. The monoisotopic (exact) mass is 432 g/mol. The molecule has 2 heterocycles. The highest BCUT2D eigenvalue weighted by molar-refractivity contribution is 7.92. The molecule has 0 radical (unpaired) electrons. The van der Waals surface area contributed by atoms with Crippen molar-refractivity contribution < 1.29 is 21.6 Å². The van der Waals surface area contributed by atoms with E-state index in [1.807, 2.05) is 0 Å². The average Bonchev–Trinajstić information content (AvgIpc) is 3.10. The number of rotatable bonds is 5. The molecule has 0 amide bonds. The first-order chi connectivity index (χ1) is 14.3. The van der Waals surface area contributed by atoms with E-state index >= 15 is 0 Å². The van der Waals surface area contributed by atoms with Crippen LogP contribution in [0.3, 0.4) is 0 Å². The molecule has 0 bridgehead atoms. The van der Waals surface area contributed by atoms with E-state index in [0.29, 0.717) is 11.5 Å². The number of sulfonamides is 1. The molecule has 4 rings (SSSR count). The first kappa shape index (κ1) is 19.9. The van der Waals surface area contributed by atoms with Crippen LogP contribution in [0.2, 0.25) is 0 Å². The van der Waals surface area contributed by atoms with Gasteiger partial charge in [0, 0.05) is 17.8 Å². The quantitative estimate of drug-likeness (QED) is 0.481. The molecule has 2 aromatic heterocycles. The van der Waals surface area contributed by atoms with Crippen molar-refractivity contribution in [2.75, 3.05) is 4.31 Å². The molecule has 0 N–H and O–H groups in total. The van der Waals surface area contributed by atoms with Gasteiger partial charge in [-0.15, -0.1) is 10.2 Å². The molecule has 30 heavy (non-hydrogen) atoms. The van der Waals surface area contributed by atoms with Gasteiger partial charge in [0.1, 0.15) is 16.5 Å². The van der Waals surface area contributed by atoms with E-state index in [-0.39, 0.29) is 16.1 Å². The molecular formula is C20H15F3N4O2S. The van der Waals surface area contributed by atoms with Gasteiger partial charge in [0.05, 0.1) is 12.2 Å². The Hall–Kier alpha value is -3.40. The van der Waals surface area contributed by atoms with Gasteiger partial charge >= 0.3 is 0 Å². The van der Waals surface area contributed by atoms with Crippen molar-refractivity contribution in [1.29, 1.82) is 0 Å². The number of fused-ring (bicyclic) bond motifs is 1. The zero-order chi connectivity index (χ0) is 21.5. The van der Waals surface area contributed by atoms with Gasteiger partial charge < -0.3 is 0 Å². The van der Waals surface area contributed by atoms with Crippen molar-refractivity contribution in [2.24, 2.45) is 0 Å². The van der Waals surface area contributed by atoms with Crippen LogP contribution in [-0.2, 0) is 16.6 Å². The van der Waals surface area contributed by atoms with Crippen LogP contribution < -0.4 is 4.31 Å². The molecule has 0 aliphatic heterocycles. The normalized spacial score (nSPS) is 11.7. The molecule has 0 saturated heterocycles. The summed E-state index contributed by atoms with van der Waals surface area (Å²) >= 11 is 0.